The first kappa shape index (κ1) is 28.0. The summed E-state index contributed by atoms with van der Waals surface area (Å²) in [5, 5.41) is 11.1. The smallest absolute Gasteiger partial charge is 0.260 e. The lowest BCUT2D eigenvalue weighted by Gasteiger charge is -2.21. The van der Waals surface area contributed by atoms with Gasteiger partial charge >= 0.3 is 0 Å². The second kappa shape index (κ2) is 10.3. The van der Waals surface area contributed by atoms with Crippen molar-refractivity contribution in [3.05, 3.63) is 95.2 Å². The average Bonchev–Trinajstić information content (AvgIpc) is 3.54. The maximum atomic E-state index is 14.4. The molecule has 0 radical (unpaired) electrons. The molecule has 1 aliphatic rings. The highest BCUT2D eigenvalue weighted by Gasteiger charge is 2.32. The van der Waals surface area contributed by atoms with Crippen LogP contribution in [0.15, 0.2) is 71.3 Å². The van der Waals surface area contributed by atoms with Crippen molar-refractivity contribution < 1.29 is 31.2 Å². The van der Waals surface area contributed by atoms with Crippen LogP contribution in [0.1, 0.15) is 26.3 Å². The Morgan fingerprint density at radius 2 is 1.79 bits per heavy atom. The van der Waals surface area contributed by atoms with Crippen molar-refractivity contribution in [2.45, 2.75) is 6.54 Å². The third-order valence-electron chi connectivity index (χ3n) is 7.34. The minimum Gasteiger partial charge on any atom is -0.455 e. The molecule has 43 heavy (non-hydrogen) atoms. The van der Waals surface area contributed by atoms with Gasteiger partial charge < -0.3 is 9.73 Å². The number of hydrogen-bond acceptors (Lipinski definition) is 7. The predicted octanol–water partition coefficient (Wildman–Crippen LogP) is 4.75. The summed E-state index contributed by atoms with van der Waals surface area (Å²) in [4.78, 5) is 27.5. The van der Waals surface area contributed by atoms with Gasteiger partial charge in [0.05, 0.1) is 30.2 Å². The molecule has 1 N–H and O–H groups in total. The summed E-state index contributed by atoms with van der Waals surface area (Å²) >= 11 is 0. The Balaban J connectivity index is 1.56. The lowest BCUT2D eigenvalue weighted by atomic mass is 9.99. The van der Waals surface area contributed by atoms with E-state index in [1.807, 2.05) is 0 Å². The Hall–Kier alpha value is -5.17. The first-order chi connectivity index (χ1) is 20.5. The number of benzene rings is 3. The molecule has 1 aliphatic heterocycles. The van der Waals surface area contributed by atoms with E-state index < -0.39 is 33.5 Å². The maximum Gasteiger partial charge on any atom is 0.260 e. The number of carbonyl (C=O) groups excluding carboxylic acids is 2. The van der Waals surface area contributed by atoms with E-state index >= 15 is 0 Å². The van der Waals surface area contributed by atoms with E-state index in [2.05, 4.69) is 15.5 Å². The summed E-state index contributed by atoms with van der Waals surface area (Å²) in [6, 6.07) is 14.3. The highest BCUT2D eigenvalue weighted by Crippen LogP contribution is 2.42. The molecule has 2 aromatic heterocycles. The van der Waals surface area contributed by atoms with E-state index in [1.165, 1.54) is 79.8 Å². The number of hydrogen-bond donors (Lipinski definition) is 1. The van der Waals surface area contributed by atoms with Crippen LogP contribution < -0.4 is 14.5 Å². The van der Waals surface area contributed by atoms with Crippen LogP contribution in [0.4, 0.5) is 20.3 Å². The fourth-order valence-electron chi connectivity index (χ4n) is 5.07. The molecular weight excluding hydrogens is 580 g/mol. The van der Waals surface area contributed by atoms with E-state index in [0.717, 1.165) is 10.6 Å². The van der Waals surface area contributed by atoms with Crippen molar-refractivity contribution in [2.75, 3.05) is 29.6 Å². The average molecular weight is 604 g/mol. The number of fused-ring (bicyclic) bond motifs is 2. The third-order valence-corrected chi connectivity index (χ3v) is 8.54. The molecule has 0 spiro atoms. The van der Waals surface area contributed by atoms with Gasteiger partial charge in [-0.15, -0.1) is 5.10 Å². The minimum atomic E-state index is -3.78. The molecule has 2 amide bonds. The van der Waals surface area contributed by atoms with Gasteiger partial charge in [-0.2, -0.15) is 5.10 Å². The molecule has 0 saturated heterocycles. The molecule has 13 heteroatoms. The summed E-state index contributed by atoms with van der Waals surface area (Å²) < 4.78 is 60.6. The van der Waals surface area contributed by atoms with Crippen LogP contribution in [0.25, 0.3) is 33.4 Å². The number of amides is 2. The number of nitrogens with zero attached hydrogens (tertiary/aromatic N) is 4. The van der Waals surface area contributed by atoms with Gasteiger partial charge in [-0.3, -0.25) is 18.8 Å². The van der Waals surface area contributed by atoms with Crippen LogP contribution in [0.2, 0.25) is 0 Å². The molecule has 10 nitrogen and oxygen atoms in total. The van der Waals surface area contributed by atoms with Crippen LogP contribution >= 0.6 is 0 Å². The molecule has 0 saturated carbocycles. The zero-order valence-electron chi connectivity index (χ0n) is 23.1. The Kier molecular flexibility index (Phi) is 6.69. The quantitative estimate of drug-likeness (QED) is 0.297. The first-order valence-corrected chi connectivity index (χ1v) is 14.8. The Labute approximate surface area is 244 Å². The van der Waals surface area contributed by atoms with Crippen LogP contribution in [-0.2, 0) is 16.6 Å². The Morgan fingerprint density at radius 1 is 1.05 bits per heavy atom. The predicted molar refractivity (Wildman–Crippen MR) is 156 cm³/mol. The molecular formula is C30H23F2N5O5S. The topological polar surface area (TPSA) is 126 Å². The van der Waals surface area contributed by atoms with Crippen LogP contribution in [0.5, 0.6) is 0 Å². The highest BCUT2D eigenvalue weighted by atomic mass is 32.2. The van der Waals surface area contributed by atoms with Crippen LogP contribution in [0, 0.1) is 11.6 Å². The van der Waals surface area contributed by atoms with Gasteiger partial charge in [0.2, 0.25) is 10.0 Å². The summed E-state index contributed by atoms with van der Waals surface area (Å²) in [5.74, 6) is -1.63. The fraction of sp³-hybridized carbons (Fsp3) is 0.133. The molecule has 0 fully saturated rings. The van der Waals surface area contributed by atoms with E-state index in [0.29, 0.717) is 22.1 Å². The van der Waals surface area contributed by atoms with Crippen molar-refractivity contribution in [1.29, 1.82) is 0 Å². The Bertz CT molecular complexity index is 2060. The molecule has 3 heterocycles. The summed E-state index contributed by atoms with van der Waals surface area (Å²) in [6.45, 7) is -0.0578. The molecule has 5 aromatic rings. The van der Waals surface area contributed by atoms with Gasteiger partial charge in [-0.1, -0.05) is 6.07 Å². The summed E-state index contributed by atoms with van der Waals surface area (Å²) in [5.41, 5.74) is 2.14. The van der Waals surface area contributed by atoms with Gasteiger partial charge in [0.1, 0.15) is 23.0 Å². The van der Waals surface area contributed by atoms with E-state index in [4.69, 9.17) is 4.42 Å². The lowest BCUT2D eigenvalue weighted by molar-refractivity contribution is 0.0962. The van der Waals surface area contributed by atoms with Crippen molar-refractivity contribution >= 4 is 44.3 Å². The number of nitrogens with one attached hydrogen (secondary N) is 1. The number of rotatable bonds is 6. The van der Waals surface area contributed by atoms with Crippen molar-refractivity contribution in [3.63, 3.8) is 0 Å². The zero-order chi connectivity index (χ0) is 30.6. The molecule has 0 bridgehead atoms. The number of furan rings is 1. The third kappa shape index (κ3) is 4.77. The molecule has 218 valence electrons. The molecule has 0 atom stereocenters. The second-order valence-corrected chi connectivity index (χ2v) is 12.0. The molecule has 0 unspecified atom stereocenters. The van der Waals surface area contributed by atoms with Crippen molar-refractivity contribution in [3.8, 4) is 22.5 Å². The number of aromatic nitrogens is 2. The fourth-order valence-corrected chi connectivity index (χ4v) is 5.58. The second-order valence-electron chi connectivity index (χ2n) is 9.95. The summed E-state index contributed by atoms with van der Waals surface area (Å²) in [7, 11) is -0.966. The highest BCUT2D eigenvalue weighted by molar-refractivity contribution is 7.92. The van der Waals surface area contributed by atoms with Crippen molar-refractivity contribution in [2.24, 2.45) is 0 Å². The normalized spacial score (nSPS) is 13.0. The number of anilines is 2. The van der Waals surface area contributed by atoms with Gasteiger partial charge in [-0.25, -0.2) is 17.2 Å². The largest absolute Gasteiger partial charge is 0.455 e. The van der Waals surface area contributed by atoms with E-state index in [-0.39, 0.29) is 46.1 Å². The number of halogens is 2. The standard InChI is InChI=1S/C30H23F2N5O5S/c1-33-29(38)27-21-12-20(17-11-26(35-34-14-17)37-15-22-19(30(37)39)5-4-6-23(22)32)24(36(2)43(3,40)41)13-25(21)42-28(27)16-7-9-18(31)10-8-16/h4-14H,15H2,1-3H3,(H,33,38). The first-order valence-electron chi connectivity index (χ1n) is 12.9. The minimum absolute atomic E-state index is 0.0578. The van der Waals surface area contributed by atoms with Crippen LogP contribution in [0.3, 0.4) is 0 Å². The monoisotopic (exact) mass is 603 g/mol. The van der Waals surface area contributed by atoms with E-state index in [1.54, 1.807) is 6.07 Å². The van der Waals surface area contributed by atoms with Gasteiger partial charge in [-0.05, 0) is 48.5 Å². The number of carbonyl (C=O) groups is 2. The molecule has 3 aromatic carbocycles. The summed E-state index contributed by atoms with van der Waals surface area (Å²) in [6.07, 6.45) is 2.42. The zero-order valence-corrected chi connectivity index (χ0v) is 23.9. The van der Waals surface area contributed by atoms with Gasteiger partial charge in [0, 0.05) is 53.4 Å². The van der Waals surface area contributed by atoms with Crippen molar-refractivity contribution in [1.82, 2.24) is 15.5 Å². The van der Waals surface area contributed by atoms with Crippen LogP contribution in [-0.4, -0.2) is 50.8 Å². The van der Waals surface area contributed by atoms with Gasteiger partial charge in [0.25, 0.3) is 11.8 Å². The van der Waals surface area contributed by atoms with E-state index in [9.17, 15) is 26.8 Å². The van der Waals surface area contributed by atoms with Gasteiger partial charge in [0.15, 0.2) is 5.82 Å². The maximum absolute atomic E-state index is 14.4. The Morgan fingerprint density at radius 3 is 2.47 bits per heavy atom. The SMILES string of the molecule is CNC(=O)c1c(-c2ccc(F)cc2)oc2cc(N(C)S(C)(=O)=O)c(-c3cnnc(N4Cc5c(F)cccc5C4=O)c3)cc12. The molecule has 0 aliphatic carbocycles. The lowest BCUT2D eigenvalue weighted by Crippen LogP contribution is -2.26. The number of sulfonamides is 1. The molecule has 6 rings (SSSR count).